The van der Waals surface area contributed by atoms with E-state index in [-0.39, 0.29) is 35.4 Å². The highest BCUT2D eigenvalue weighted by Crippen LogP contribution is 2.35. The predicted molar refractivity (Wildman–Crippen MR) is 93.9 cm³/mol. The Morgan fingerprint density at radius 2 is 1.76 bits per heavy atom. The standard InChI is InChI=1S/C16H21N3O5.ClH/c1-23-14-7-12(13(19(21)22)8-15(14)24-2)16(20)18-11-5-9-3-4-10(6-11)17-9;/h7-11,17H,3-6H2,1-2H3,(H,18,20);1H. The average molecular weight is 372 g/mol. The van der Waals surface area contributed by atoms with Gasteiger partial charge in [-0.3, -0.25) is 14.9 Å². The molecule has 2 fully saturated rings. The van der Waals surface area contributed by atoms with E-state index in [9.17, 15) is 14.9 Å². The van der Waals surface area contributed by atoms with Crippen LogP contribution in [0.3, 0.4) is 0 Å². The Morgan fingerprint density at radius 1 is 1.20 bits per heavy atom. The molecule has 0 aliphatic carbocycles. The Hall–Kier alpha value is -2.06. The van der Waals surface area contributed by atoms with Crippen molar-refractivity contribution < 1.29 is 19.2 Å². The van der Waals surface area contributed by atoms with Crippen molar-refractivity contribution >= 4 is 24.0 Å². The molecule has 2 heterocycles. The maximum absolute atomic E-state index is 12.6. The van der Waals surface area contributed by atoms with Gasteiger partial charge in [0.25, 0.3) is 11.6 Å². The molecular formula is C16H22ClN3O5. The van der Waals surface area contributed by atoms with Crippen molar-refractivity contribution in [1.29, 1.82) is 0 Å². The molecule has 0 spiro atoms. The molecule has 1 amide bonds. The molecule has 9 heteroatoms. The van der Waals surface area contributed by atoms with Gasteiger partial charge in [-0.2, -0.15) is 0 Å². The van der Waals surface area contributed by atoms with Crippen LogP contribution in [0.25, 0.3) is 0 Å². The maximum Gasteiger partial charge on any atom is 0.286 e. The van der Waals surface area contributed by atoms with Gasteiger partial charge in [-0.15, -0.1) is 12.4 Å². The molecule has 138 valence electrons. The molecule has 2 aliphatic heterocycles. The fourth-order valence-corrected chi connectivity index (χ4v) is 3.64. The van der Waals surface area contributed by atoms with E-state index >= 15 is 0 Å². The number of benzene rings is 1. The summed E-state index contributed by atoms with van der Waals surface area (Å²) < 4.78 is 10.2. The van der Waals surface area contributed by atoms with Crippen molar-refractivity contribution in [2.75, 3.05) is 14.2 Å². The topological polar surface area (TPSA) is 103 Å². The third-order valence-electron chi connectivity index (χ3n) is 4.75. The van der Waals surface area contributed by atoms with Gasteiger partial charge in [-0.05, 0) is 25.7 Å². The van der Waals surface area contributed by atoms with E-state index in [2.05, 4.69) is 10.6 Å². The monoisotopic (exact) mass is 371 g/mol. The second kappa shape index (κ2) is 7.88. The van der Waals surface area contributed by atoms with E-state index in [0.717, 1.165) is 25.7 Å². The van der Waals surface area contributed by atoms with Crippen molar-refractivity contribution in [3.63, 3.8) is 0 Å². The summed E-state index contributed by atoms with van der Waals surface area (Å²) in [5.74, 6) is 0.0632. The van der Waals surface area contributed by atoms with Gasteiger partial charge < -0.3 is 20.1 Å². The summed E-state index contributed by atoms with van der Waals surface area (Å²) in [5, 5.41) is 17.8. The minimum Gasteiger partial charge on any atom is -0.493 e. The Labute approximate surface area is 151 Å². The molecule has 2 bridgehead atoms. The van der Waals surface area contributed by atoms with E-state index in [1.54, 1.807) is 0 Å². The van der Waals surface area contributed by atoms with Crippen LogP contribution in [0.5, 0.6) is 11.5 Å². The largest absolute Gasteiger partial charge is 0.493 e. The molecule has 1 aromatic carbocycles. The minimum absolute atomic E-state index is 0. The first-order valence-corrected chi connectivity index (χ1v) is 7.99. The number of nitro groups is 1. The third-order valence-corrected chi connectivity index (χ3v) is 4.75. The molecule has 3 rings (SSSR count). The van der Waals surface area contributed by atoms with Crippen LogP contribution in [0.2, 0.25) is 0 Å². The number of rotatable bonds is 5. The van der Waals surface area contributed by atoms with Crippen LogP contribution in [0, 0.1) is 10.1 Å². The number of hydrogen-bond acceptors (Lipinski definition) is 6. The first kappa shape index (κ1) is 19.3. The number of ether oxygens (including phenoxy) is 2. The third kappa shape index (κ3) is 3.96. The Balaban J connectivity index is 0.00000225. The zero-order valence-electron chi connectivity index (χ0n) is 14.1. The molecule has 2 aliphatic rings. The Morgan fingerprint density at radius 3 is 2.28 bits per heavy atom. The molecule has 0 radical (unpaired) electrons. The molecule has 2 atom stereocenters. The van der Waals surface area contributed by atoms with Crippen LogP contribution in [0.15, 0.2) is 12.1 Å². The number of carbonyl (C=O) groups excluding carboxylic acids is 1. The number of nitrogens with zero attached hydrogens (tertiary/aromatic N) is 1. The van der Waals surface area contributed by atoms with Crippen LogP contribution < -0.4 is 20.1 Å². The fraction of sp³-hybridized carbons (Fsp3) is 0.562. The average Bonchev–Trinajstić information content (AvgIpc) is 2.91. The minimum atomic E-state index is -0.580. The quantitative estimate of drug-likeness (QED) is 0.606. The van der Waals surface area contributed by atoms with Gasteiger partial charge in [0.2, 0.25) is 0 Å². The summed E-state index contributed by atoms with van der Waals surface area (Å²) in [7, 11) is 2.82. The van der Waals surface area contributed by atoms with Crippen LogP contribution in [-0.4, -0.2) is 43.2 Å². The second-order valence-corrected chi connectivity index (χ2v) is 6.26. The van der Waals surface area contributed by atoms with Crippen molar-refractivity contribution in [2.45, 2.75) is 43.8 Å². The van der Waals surface area contributed by atoms with Crippen LogP contribution >= 0.6 is 12.4 Å². The molecule has 1 aromatic rings. The summed E-state index contributed by atoms with van der Waals surface area (Å²) >= 11 is 0. The first-order chi connectivity index (χ1) is 11.5. The first-order valence-electron chi connectivity index (χ1n) is 7.99. The van der Waals surface area contributed by atoms with Crippen molar-refractivity contribution in [3.8, 4) is 11.5 Å². The summed E-state index contributed by atoms with van der Waals surface area (Å²) in [6.07, 6.45) is 3.94. The second-order valence-electron chi connectivity index (χ2n) is 6.26. The van der Waals surface area contributed by atoms with Crippen LogP contribution in [0.4, 0.5) is 5.69 Å². The van der Waals surface area contributed by atoms with E-state index in [4.69, 9.17) is 9.47 Å². The zero-order chi connectivity index (χ0) is 17.3. The highest BCUT2D eigenvalue weighted by molar-refractivity contribution is 5.99. The number of nitrogens with one attached hydrogen (secondary N) is 2. The lowest BCUT2D eigenvalue weighted by molar-refractivity contribution is -0.385. The maximum atomic E-state index is 12.6. The van der Waals surface area contributed by atoms with E-state index < -0.39 is 10.8 Å². The van der Waals surface area contributed by atoms with E-state index in [1.165, 1.54) is 26.4 Å². The van der Waals surface area contributed by atoms with E-state index in [1.807, 2.05) is 0 Å². The fourth-order valence-electron chi connectivity index (χ4n) is 3.64. The molecule has 0 aromatic heterocycles. The van der Waals surface area contributed by atoms with Gasteiger partial charge in [-0.1, -0.05) is 0 Å². The number of carbonyl (C=O) groups is 1. The lowest BCUT2D eigenvalue weighted by atomic mass is 9.99. The molecular weight excluding hydrogens is 350 g/mol. The van der Waals surface area contributed by atoms with Gasteiger partial charge in [0.15, 0.2) is 11.5 Å². The summed E-state index contributed by atoms with van der Waals surface area (Å²) in [5.41, 5.74) is -0.300. The normalized spacial score (nSPS) is 24.2. The Bertz CT molecular complexity index is 657. The molecule has 2 saturated heterocycles. The number of methoxy groups -OCH3 is 2. The number of piperidine rings is 1. The molecule has 2 unspecified atom stereocenters. The molecule has 25 heavy (non-hydrogen) atoms. The van der Waals surface area contributed by atoms with Crippen molar-refractivity contribution in [1.82, 2.24) is 10.6 Å². The number of hydrogen-bond donors (Lipinski definition) is 2. The smallest absolute Gasteiger partial charge is 0.286 e. The van der Waals surface area contributed by atoms with E-state index in [0.29, 0.717) is 17.8 Å². The lowest BCUT2D eigenvalue weighted by Gasteiger charge is -2.29. The van der Waals surface area contributed by atoms with Crippen LogP contribution in [0.1, 0.15) is 36.0 Å². The highest BCUT2D eigenvalue weighted by atomic mass is 35.5. The SMILES string of the molecule is COc1cc(C(=O)NC2CC3CCC(C2)N3)c([N+](=O)[O-])cc1OC.Cl. The summed E-state index contributed by atoms with van der Waals surface area (Å²) in [4.78, 5) is 23.3. The van der Waals surface area contributed by atoms with Gasteiger partial charge in [0.05, 0.1) is 25.2 Å². The summed E-state index contributed by atoms with van der Waals surface area (Å²) in [6, 6.07) is 3.47. The van der Waals surface area contributed by atoms with Gasteiger partial charge >= 0.3 is 0 Å². The predicted octanol–water partition coefficient (Wildman–Crippen LogP) is 2.05. The lowest BCUT2D eigenvalue weighted by Crippen LogP contribution is -2.48. The van der Waals surface area contributed by atoms with Gasteiger partial charge in [-0.25, -0.2) is 0 Å². The number of halogens is 1. The number of amides is 1. The van der Waals surface area contributed by atoms with Crippen molar-refractivity contribution in [3.05, 3.63) is 27.8 Å². The highest BCUT2D eigenvalue weighted by Gasteiger charge is 2.35. The Kier molecular flexibility index (Phi) is 6.07. The molecule has 2 N–H and O–H groups in total. The van der Waals surface area contributed by atoms with Crippen molar-refractivity contribution in [2.24, 2.45) is 0 Å². The van der Waals surface area contributed by atoms with Gasteiger partial charge in [0.1, 0.15) is 5.56 Å². The molecule has 8 nitrogen and oxygen atoms in total. The zero-order valence-corrected chi connectivity index (χ0v) is 14.9. The van der Waals surface area contributed by atoms with Crippen LogP contribution in [-0.2, 0) is 0 Å². The number of nitro benzene ring substituents is 1. The number of fused-ring (bicyclic) bond motifs is 2. The summed E-state index contributed by atoms with van der Waals surface area (Å²) in [6.45, 7) is 0. The molecule has 0 saturated carbocycles. The van der Waals surface area contributed by atoms with Gasteiger partial charge in [0, 0.05) is 24.2 Å².